The summed E-state index contributed by atoms with van der Waals surface area (Å²) < 4.78 is 31.5. The first-order valence-corrected chi connectivity index (χ1v) is 7.71. The van der Waals surface area contributed by atoms with Crippen LogP contribution in [0, 0.1) is 5.92 Å². The van der Waals surface area contributed by atoms with Gasteiger partial charge in [-0.2, -0.15) is 0 Å². The molecule has 1 fully saturated rings. The van der Waals surface area contributed by atoms with Gasteiger partial charge in [0, 0.05) is 11.9 Å². The van der Waals surface area contributed by atoms with Crippen molar-refractivity contribution in [3.8, 4) is 5.75 Å². The standard InChI is InChI=1S/C12H16ClNO3S/c1-17-11-2-4-12(5-3-11)18(15,16)14-8-9-6-10(13)7-9/h2-5,9-10,14H,6-8H2,1H3. The Morgan fingerprint density at radius 1 is 1.33 bits per heavy atom. The molecule has 1 N–H and O–H groups in total. The van der Waals surface area contributed by atoms with Crippen molar-refractivity contribution in [2.45, 2.75) is 23.1 Å². The highest BCUT2D eigenvalue weighted by Crippen LogP contribution is 2.31. The summed E-state index contributed by atoms with van der Waals surface area (Å²) in [6, 6.07) is 6.33. The molecule has 18 heavy (non-hydrogen) atoms. The van der Waals surface area contributed by atoms with Crippen LogP contribution in [-0.4, -0.2) is 27.4 Å². The topological polar surface area (TPSA) is 55.4 Å². The van der Waals surface area contributed by atoms with Crippen molar-refractivity contribution < 1.29 is 13.2 Å². The minimum atomic E-state index is -3.42. The predicted octanol–water partition coefficient (Wildman–Crippen LogP) is 1.99. The molecule has 0 bridgehead atoms. The normalized spacial score (nSPS) is 23.4. The van der Waals surface area contributed by atoms with E-state index in [0.29, 0.717) is 18.2 Å². The highest BCUT2D eigenvalue weighted by atomic mass is 35.5. The Morgan fingerprint density at radius 2 is 1.94 bits per heavy atom. The SMILES string of the molecule is COc1ccc(S(=O)(=O)NCC2CC(Cl)C2)cc1. The van der Waals surface area contributed by atoms with Gasteiger partial charge in [-0.1, -0.05) is 0 Å². The first kappa shape index (κ1) is 13.6. The molecule has 1 aromatic rings. The second-order valence-corrected chi connectivity index (χ2v) is 6.85. The molecular weight excluding hydrogens is 274 g/mol. The van der Waals surface area contributed by atoms with Gasteiger partial charge in [0.15, 0.2) is 0 Å². The van der Waals surface area contributed by atoms with Crippen LogP contribution in [0.5, 0.6) is 5.75 Å². The van der Waals surface area contributed by atoms with E-state index in [9.17, 15) is 8.42 Å². The molecule has 0 aliphatic heterocycles. The van der Waals surface area contributed by atoms with Crippen LogP contribution in [-0.2, 0) is 10.0 Å². The molecule has 0 atom stereocenters. The number of nitrogens with one attached hydrogen (secondary N) is 1. The van der Waals surface area contributed by atoms with Crippen LogP contribution in [0.3, 0.4) is 0 Å². The summed E-state index contributed by atoms with van der Waals surface area (Å²) in [4.78, 5) is 0.255. The number of halogens is 1. The van der Waals surface area contributed by atoms with Crippen molar-refractivity contribution in [2.24, 2.45) is 5.92 Å². The lowest BCUT2D eigenvalue weighted by molar-refractivity contribution is 0.324. The molecule has 1 aromatic carbocycles. The van der Waals surface area contributed by atoms with E-state index in [-0.39, 0.29) is 10.3 Å². The minimum Gasteiger partial charge on any atom is -0.497 e. The van der Waals surface area contributed by atoms with Crippen molar-refractivity contribution in [1.29, 1.82) is 0 Å². The van der Waals surface area contributed by atoms with Crippen LogP contribution >= 0.6 is 11.6 Å². The fourth-order valence-corrected chi connectivity index (χ4v) is 3.51. The second-order valence-electron chi connectivity index (χ2n) is 4.46. The van der Waals surface area contributed by atoms with E-state index in [4.69, 9.17) is 16.3 Å². The number of benzene rings is 1. The Morgan fingerprint density at radius 3 is 2.44 bits per heavy atom. The van der Waals surface area contributed by atoms with Crippen LogP contribution in [0.15, 0.2) is 29.2 Å². The van der Waals surface area contributed by atoms with Gasteiger partial charge in [0.2, 0.25) is 10.0 Å². The van der Waals surface area contributed by atoms with Gasteiger partial charge in [-0.25, -0.2) is 13.1 Å². The number of alkyl halides is 1. The quantitative estimate of drug-likeness (QED) is 0.844. The summed E-state index contributed by atoms with van der Waals surface area (Å²) in [5.74, 6) is 0.999. The fraction of sp³-hybridized carbons (Fsp3) is 0.500. The zero-order chi connectivity index (χ0) is 13.2. The maximum absolute atomic E-state index is 12.0. The maximum Gasteiger partial charge on any atom is 0.240 e. The molecule has 0 radical (unpaired) electrons. The Bertz CT molecular complexity index is 495. The monoisotopic (exact) mass is 289 g/mol. The number of methoxy groups -OCH3 is 1. The summed E-state index contributed by atoms with van der Waals surface area (Å²) >= 11 is 5.85. The molecule has 0 saturated heterocycles. The number of rotatable bonds is 5. The van der Waals surface area contributed by atoms with Crippen molar-refractivity contribution >= 4 is 21.6 Å². The molecule has 6 heteroatoms. The van der Waals surface area contributed by atoms with Crippen molar-refractivity contribution in [1.82, 2.24) is 4.72 Å². The van der Waals surface area contributed by atoms with Gasteiger partial charge in [-0.05, 0) is 43.0 Å². The lowest BCUT2D eigenvalue weighted by Crippen LogP contribution is -2.36. The van der Waals surface area contributed by atoms with E-state index in [2.05, 4.69) is 4.72 Å². The molecule has 0 heterocycles. The summed E-state index contributed by atoms with van der Waals surface area (Å²) in [6.45, 7) is 0.456. The van der Waals surface area contributed by atoms with Crippen LogP contribution in [0.1, 0.15) is 12.8 Å². The van der Waals surface area contributed by atoms with E-state index >= 15 is 0 Å². The third-order valence-corrected chi connectivity index (χ3v) is 4.91. The Kier molecular flexibility index (Phi) is 4.14. The van der Waals surface area contributed by atoms with E-state index in [1.165, 1.54) is 12.1 Å². The van der Waals surface area contributed by atoms with Gasteiger partial charge in [0.25, 0.3) is 0 Å². The van der Waals surface area contributed by atoms with E-state index in [1.807, 2.05) is 0 Å². The zero-order valence-corrected chi connectivity index (χ0v) is 11.7. The van der Waals surface area contributed by atoms with Crippen LogP contribution in [0.25, 0.3) is 0 Å². The second kappa shape index (κ2) is 5.47. The largest absolute Gasteiger partial charge is 0.497 e. The van der Waals surface area contributed by atoms with Crippen LogP contribution in [0.2, 0.25) is 0 Å². The summed E-state index contributed by atoms with van der Waals surface area (Å²) in [5.41, 5.74) is 0. The van der Waals surface area contributed by atoms with Gasteiger partial charge < -0.3 is 4.74 Å². The molecule has 1 saturated carbocycles. The van der Waals surface area contributed by atoms with Gasteiger partial charge >= 0.3 is 0 Å². The summed E-state index contributed by atoms with van der Waals surface area (Å²) in [5, 5.41) is 0.209. The van der Waals surface area contributed by atoms with Gasteiger partial charge in [0.05, 0.1) is 12.0 Å². The van der Waals surface area contributed by atoms with E-state index in [1.54, 1.807) is 19.2 Å². The first-order valence-electron chi connectivity index (χ1n) is 5.79. The number of hydrogen-bond acceptors (Lipinski definition) is 3. The molecule has 0 spiro atoms. The van der Waals surface area contributed by atoms with Crippen LogP contribution in [0.4, 0.5) is 0 Å². The molecule has 4 nitrogen and oxygen atoms in total. The first-order chi connectivity index (χ1) is 8.51. The molecule has 0 amide bonds. The van der Waals surface area contributed by atoms with Crippen molar-refractivity contribution in [3.05, 3.63) is 24.3 Å². The fourth-order valence-electron chi connectivity index (χ4n) is 1.89. The molecule has 100 valence electrons. The molecule has 0 aromatic heterocycles. The lowest BCUT2D eigenvalue weighted by Gasteiger charge is -2.30. The number of ether oxygens (including phenoxy) is 1. The molecule has 2 rings (SSSR count). The van der Waals surface area contributed by atoms with E-state index < -0.39 is 10.0 Å². The smallest absolute Gasteiger partial charge is 0.240 e. The highest BCUT2D eigenvalue weighted by Gasteiger charge is 2.28. The minimum absolute atomic E-state index is 0.209. The summed E-state index contributed by atoms with van der Waals surface area (Å²) in [6.07, 6.45) is 1.76. The summed E-state index contributed by atoms with van der Waals surface area (Å²) in [7, 11) is -1.88. The Labute approximate surface area is 112 Å². The predicted molar refractivity (Wildman–Crippen MR) is 70.5 cm³/mol. The van der Waals surface area contributed by atoms with Crippen molar-refractivity contribution in [2.75, 3.05) is 13.7 Å². The van der Waals surface area contributed by atoms with Crippen LogP contribution < -0.4 is 9.46 Å². The Hall–Kier alpha value is -0.780. The van der Waals surface area contributed by atoms with Gasteiger partial charge in [-0.15, -0.1) is 11.6 Å². The molecular formula is C12H16ClNO3S. The third kappa shape index (κ3) is 3.16. The highest BCUT2D eigenvalue weighted by molar-refractivity contribution is 7.89. The Balaban J connectivity index is 1.96. The molecule has 0 unspecified atom stereocenters. The average Bonchev–Trinajstić information content (AvgIpc) is 2.33. The van der Waals surface area contributed by atoms with Gasteiger partial charge in [-0.3, -0.25) is 0 Å². The average molecular weight is 290 g/mol. The number of sulfonamides is 1. The lowest BCUT2D eigenvalue weighted by atomic mass is 9.85. The van der Waals surface area contributed by atoms with E-state index in [0.717, 1.165) is 12.8 Å². The van der Waals surface area contributed by atoms with Crippen molar-refractivity contribution in [3.63, 3.8) is 0 Å². The number of hydrogen-bond donors (Lipinski definition) is 1. The third-order valence-electron chi connectivity index (χ3n) is 3.11. The maximum atomic E-state index is 12.0. The molecule has 1 aliphatic carbocycles. The van der Waals surface area contributed by atoms with Gasteiger partial charge in [0.1, 0.15) is 5.75 Å². The zero-order valence-electron chi connectivity index (χ0n) is 10.1. The molecule has 1 aliphatic rings.